The zero-order valence-corrected chi connectivity index (χ0v) is 9.16. The molecule has 4 nitrogen and oxygen atoms in total. The molecular weight excluding hydrogens is 176 g/mol. The molecular formula is C10H20N4. The van der Waals surface area contributed by atoms with E-state index in [0.29, 0.717) is 0 Å². The molecule has 0 fully saturated rings. The third-order valence-corrected chi connectivity index (χ3v) is 2.30. The van der Waals surface area contributed by atoms with E-state index < -0.39 is 0 Å². The first-order valence-electron chi connectivity index (χ1n) is 5.38. The van der Waals surface area contributed by atoms with Crippen molar-refractivity contribution < 1.29 is 0 Å². The van der Waals surface area contributed by atoms with Gasteiger partial charge >= 0.3 is 0 Å². The average molecular weight is 196 g/mol. The van der Waals surface area contributed by atoms with Crippen LogP contribution in [0.1, 0.15) is 38.4 Å². The minimum absolute atomic E-state index is 0.822. The zero-order valence-electron chi connectivity index (χ0n) is 9.16. The van der Waals surface area contributed by atoms with Crippen molar-refractivity contribution in [3.63, 3.8) is 0 Å². The third-order valence-electron chi connectivity index (χ3n) is 2.30. The van der Waals surface area contributed by atoms with E-state index in [4.69, 9.17) is 0 Å². The smallest absolute Gasteiger partial charge is 0.146 e. The van der Waals surface area contributed by atoms with E-state index in [1.54, 1.807) is 6.33 Å². The largest absolute Gasteiger partial charge is 0.320 e. The molecule has 80 valence electrons. The average Bonchev–Trinajstić information content (AvgIpc) is 2.58. The van der Waals surface area contributed by atoms with Crippen LogP contribution in [0.15, 0.2) is 6.33 Å². The van der Waals surface area contributed by atoms with Gasteiger partial charge in [-0.25, -0.2) is 0 Å². The van der Waals surface area contributed by atoms with Crippen molar-refractivity contribution in [1.29, 1.82) is 0 Å². The molecule has 1 heterocycles. The van der Waals surface area contributed by atoms with E-state index in [9.17, 15) is 0 Å². The number of aryl methyl sites for hydroxylation is 1. The van der Waals surface area contributed by atoms with Gasteiger partial charge in [-0.3, -0.25) is 0 Å². The van der Waals surface area contributed by atoms with Crippen LogP contribution in [-0.4, -0.2) is 21.3 Å². The molecule has 0 radical (unpaired) electrons. The molecule has 0 spiro atoms. The number of aromatic nitrogens is 3. The van der Waals surface area contributed by atoms with Gasteiger partial charge in [-0.15, -0.1) is 10.2 Å². The predicted octanol–water partition coefficient (Wildman–Crippen LogP) is 1.48. The van der Waals surface area contributed by atoms with Gasteiger partial charge in [0.05, 0.1) is 6.54 Å². The van der Waals surface area contributed by atoms with Crippen molar-refractivity contribution in [2.75, 3.05) is 6.54 Å². The SMILES string of the molecule is CCCCCCNCc1nncn1C. The van der Waals surface area contributed by atoms with Gasteiger partial charge in [0.25, 0.3) is 0 Å². The van der Waals surface area contributed by atoms with E-state index in [0.717, 1.165) is 18.9 Å². The Bertz CT molecular complexity index is 244. The van der Waals surface area contributed by atoms with Crippen molar-refractivity contribution >= 4 is 0 Å². The number of rotatable bonds is 7. The summed E-state index contributed by atoms with van der Waals surface area (Å²) in [4.78, 5) is 0. The molecule has 0 saturated heterocycles. The van der Waals surface area contributed by atoms with E-state index in [1.165, 1.54) is 25.7 Å². The summed E-state index contributed by atoms with van der Waals surface area (Å²) in [7, 11) is 1.97. The second-order valence-electron chi connectivity index (χ2n) is 3.60. The van der Waals surface area contributed by atoms with Gasteiger partial charge in [0.2, 0.25) is 0 Å². The second-order valence-corrected chi connectivity index (χ2v) is 3.60. The Morgan fingerprint density at radius 3 is 2.86 bits per heavy atom. The number of nitrogens with zero attached hydrogens (tertiary/aromatic N) is 3. The number of nitrogens with one attached hydrogen (secondary N) is 1. The Morgan fingerprint density at radius 1 is 1.36 bits per heavy atom. The van der Waals surface area contributed by atoms with E-state index in [1.807, 2.05) is 11.6 Å². The van der Waals surface area contributed by atoms with Crippen molar-refractivity contribution in [1.82, 2.24) is 20.1 Å². The fraction of sp³-hybridized carbons (Fsp3) is 0.800. The number of unbranched alkanes of at least 4 members (excludes halogenated alkanes) is 3. The Balaban J connectivity index is 2.02. The quantitative estimate of drug-likeness (QED) is 0.672. The highest BCUT2D eigenvalue weighted by molar-refractivity contribution is 4.82. The summed E-state index contributed by atoms with van der Waals surface area (Å²) in [6.45, 7) is 4.13. The summed E-state index contributed by atoms with van der Waals surface area (Å²) in [5.74, 6) is 1.00. The van der Waals surface area contributed by atoms with Crippen molar-refractivity contribution in [2.45, 2.75) is 39.2 Å². The van der Waals surface area contributed by atoms with Crippen LogP contribution in [-0.2, 0) is 13.6 Å². The van der Waals surface area contributed by atoms with Gasteiger partial charge in [0.15, 0.2) is 0 Å². The summed E-state index contributed by atoms with van der Waals surface area (Å²) in [6, 6.07) is 0. The minimum Gasteiger partial charge on any atom is -0.320 e. The lowest BCUT2D eigenvalue weighted by Crippen LogP contribution is -2.17. The summed E-state index contributed by atoms with van der Waals surface area (Å²) < 4.78 is 1.94. The highest BCUT2D eigenvalue weighted by atomic mass is 15.3. The Hall–Kier alpha value is -0.900. The predicted molar refractivity (Wildman–Crippen MR) is 56.9 cm³/mol. The van der Waals surface area contributed by atoms with E-state index in [2.05, 4.69) is 22.4 Å². The van der Waals surface area contributed by atoms with Crippen LogP contribution in [0.25, 0.3) is 0 Å². The third kappa shape index (κ3) is 3.87. The molecule has 0 amide bonds. The maximum Gasteiger partial charge on any atom is 0.146 e. The van der Waals surface area contributed by atoms with Crippen molar-refractivity contribution in [2.24, 2.45) is 7.05 Å². The molecule has 1 N–H and O–H groups in total. The van der Waals surface area contributed by atoms with Crippen LogP contribution in [0.5, 0.6) is 0 Å². The van der Waals surface area contributed by atoms with Crippen molar-refractivity contribution in [3.8, 4) is 0 Å². The van der Waals surface area contributed by atoms with Crippen molar-refractivity contribution in [3.05, 3.63) is 12.2 Å². The second kappa shape index (κ2) is 6.54. The molecule has 0 aromatic carbocycles. The molecule has 0 aliphatic rings. The van der Waals surface area contributed by atoms with Crippen LogP contribution >= 0.6 is 0 Å². The first kappa shape index (κ1) is 11.2. The number of hydrogen-bond donors (Lipinski definition) is 1. The summed E-state index contributed by atoms with van der Waals surface area (Å²) in [6.07, 6.45) is 6.94. The molecule has 0 atom stereocenters. The van der Waals surface area contributed by atoms with Gasteiger partial charge in [-0.1, -0.05) is 26.2 Å². The molecule has 14 heavy (non-hydrogen) atoms. The molecule has 1 aromatic rings. The van der Waals surface area contributed by atoms with E-state index in [-0.39, 0.29) is 0 Å². The minimum atomic E-state index is 0.822. The first-order chi connectivity index (χ1) is 6.84. The zero-order chi connectivity index (χ0) is 10.2. The van der Waals surface area contributed by atoms with Crippen LogP contribution in [0, 0.1) is 0 Å². The molecule has 1 aromatic heterocycles. The van der Waals surface area contributed by atoms with Crippen LogP contribution in [0.2, 0.25) is 0 Å². The van der Waals surface area contributed by atoms with Gasteiger partial charge in [0.1, 0.15) is 12.2 Å². The van der Waals surface area contributed by atoms with E-state index >= 15 is 0 Å². The molecule has 0 aliphatic carbocycles. The lowest BCUT2D eigenvalue weighted by atomic mass is 10.2. The fourth-order valence-corrected chi connectivity index (χ4v) is 1.34. The van der Waals surface area contributed by atoms with Gasteiger partial charge in [-0.05, 0) is 13.0 Å². The van der Waals surface area contributed by atoms with Gasteiger partial charge < -0.3 is 9.88 Å². The first-order valence-corrected chi connectivity index (χ1v) is 5.38. The summed E-state index contributed by atoms with van der Waals surface area (Å²) >= 11 is 0. The Morgan fingerprint density at radius 2 is 2.21 bits per heavy atom. The van der Waals surface area contributed by atoms with Crippen LogP contribution in [0.4, 0.5) is 0 Å². The molecule has 4 heteroatoms. The normalized spacial score (nSPS) is 10.7. The highest BCUT2D eigenvalue weighted by Gasteiger charge is 1.98. The Labute approximate surface area is 85.7 Å². The molecule has 0 bridgehead atoms. The molecule has 0 aliphatic heterocycles. The maximum atomic E-state index is 4.00. The fourth-order valence-electron chi connectivity index (χ4n) is 1.34. The highest BCUT2D eigenvalue weighted by Crippen LogP contribution is 1.97. The standard InChI is InChI=1S/C10H20N4/c1-3-4-5-6-7-11-8-10-13-12-9-14(10)2/h9,11H,3-8H2,1-2H3. The lowest BCUT2D eigenvalue weighted by molar-refractivity contribution is 0.578. The molecule has 0 saturated carbocycles. The van der Waals surface area contributed by atoms with Gasteiger partial charge in [-0.2, -0.15) is 0 Å². The topological polar surface area (TPSA) is 42.7 Å². The van der Waals surface area contributed by atoms with Crippen LogP contribution < -0.4 is 5.32 Å². The summed E-state index contributed by atoms with van der Waals surface area (Å²) in [5.41, 5.74) is 0. The molecule has 0 unspecified atom stereocenters. The maximum absolute atomic E-state index is 4.00. The number of hydrogen-bond acceptors (Lipinski definition) is 3. The molecule has 1 rings (SSSR count). The van der Waals surface area contributed by atoms with Gasteiger partial charge in [0, 0.05) is 7.05 Å². The van der Waals surface area contributed by atoms with Crippen LogP contribution in [0.3, 0.4) is 0 Å². The monoisotopic (exact) mass is 196 g/mol. The Kier molecular flexibility index (Phi) is 5.22. The lowest BCUT2D eigenvalue weighted by Gasteiger charge is -2.03. The summed E-state index contributed by atoms with van der Waals surface area (Å²) in [5, 5.41) is 11.2.